The monoisotopic (exact) mass is 314 g/mol. The van der Waals surface area contributed by atoms with Crippen LogP contribution in [-0.2, 0) is 14.1 Å². The first-order valence-corrected chi connectivity index (χ1v) is 6.97. The second-order valence-corrected chi connectivity index (χ2v) is 5.11. The zero-order valence-electron chi connectivity index (χ0n) is 13.0. The Morgan fingerprint density at radius 1 is 1.22 bits per heavy atom. The maximum atomic E-state index is 12.3. The molecule has 0 radical (unpaired) electrons. The Hall–Kier alpha value is -3.21. The van der Waals surface area contributed by atoms with Gasteiger partial charge in [0.1, 0.15) is 11.5 Å². The van der Waals surface area contributed by atoms with Gasteiger partial charge in [-0.3, -0.25) is 9.59 Å². The largest absolute Gasteiger partial charge is 0.397 e. The van der Waals surface area contributed by atoms with Crippen LogP contribution >= 0.6 is 0 Å². The minimum absolute atomic E-state index is 0.235. The topological polar surface area (TPSA) is 118 Å². The fourth-order valence-corrected chi connectivity index (χ4v) is 2.14. The Bertz CT molecular complexity index is 780. The average molecular weight is 314 g/mol. The molecule has 8 heteroatoms. The molecular formula is C15H18N6O2. The van der Waals surface area contributed by atoms with E-state index in [2.05, 4.69) is 10.6 Å². The second-order valence-electron chi connectivity index (χ2n) is 5.11. The smallest absolute Gasteiger partial charge is 0.267 e. The maximum absolute atomic E-state index is 12.3. The number of nitrogens with two attached hydrogens (primary N) is 1. The van der Waals surface area contributed by atoms with Crippen LogP contribution < -0.4 is 16.4 Å². The van der Waals surface area contributed by atoms with Crippen molar-refractivity contribution < 1.29 is 9.59 Å². The summed E-state index contributed by atoms with van der Waals surface area (Å²) in [7, 11) is 3.45. The van der Waals surface area contributed by atoms with Crippen LogP contribution in [0.25, 0.3) is 0 Å². The van der Waals surface area contributed by atoms with Crippen molar-refractivity contribution in [3.63, 3.8) is 0 Å². The van der Waals surface area contributed by atoms with Crippen molar-refractivity contribution >= 4 is 23.3 Å². The minimum atomic E-state index is -0.335. The summed E-state index contributed by atoms with van der Waals surface area (Å²) < 4.78 is 3.27. The highest BCUT2D eigenvalue weighted by atomic mass is 16.2. The molecule has 0 aliphatic carbocycles. The fourth-order valence-electron chi connectivity index (χ4n) is 2.14. The van der Waals surface area contributed by atoms with Crippen LogP contribution in [0.1, 0.15) is 27.3 Å². The zero-order valence-corrected chi connectivity index (χ0v) is 13.0. The second kappa shape index (κ2) is 6.70. The van der Waals surface area contributed by atoms with Crippen molar-refractivity contribution in [3.05, 3.63) is 35.8 Å². The van der Waals surface area contributed by atoms with Gasteiger partial charge in [-0.05, 0) is 6.07 Å². The molecule has 0 spiro atoms. The molecule has 0 fully saturated rings. The molecule has 2 aromatic heterocycles. The van der Waals surface area contributed by atoms with Gasteiger partial charge in [0, 0.05) is 39.1 Å². The summed E-state index contributed by atoms with van der Waals surface area (Å²) in [6.07, 6.45) is 3.49. The number of carbonyl (C=O) groups is 2. The number of hydrogen-bond acceptors (Lipinski definition) is 4. The highest BCUT2D eigenvalue weighted by Crippen LogP contribution is 2.16. The summed E-state index contributed by atoms with van der Waals surface area (Å²) >= 11 is 0. The highest BCUT2D eigenvalue weighted by Gasteiger charge is 2.16. The lowest BCUT2D eigenvalue weighted by atomic mass is 10.3. The van der Waals surface area contributed by atoms with Gasteiger partial charge in [0.15, 0.2) is 0 Å². The summed E-state index contributed by atoms with van der Waals surface area (Å²) in [6, 6.07) is 5.10. The molecule has 0 aromatic carbocycles. The molecule has 0 aliphatic heterocycles. The van der Waals surface area contributed by atoms with E-state index >= 15 is 0 Å². The van der Waals surface area contributed by atoms with Gasteiger partial charge >= 0.3 is 0 Å². The molecule has 0 unspecified atom stereocenters. The molecule has 8 nitrogen and oxygen atoms in total. The molecule has 0 saturated heterocycles. The summed E-state index contributed by atoms with van der Waals surface area (Å²) in [6.45, 7) is 0.269. The predicted molar refractivity (Wildman–Crippen MR) is 85.8 cm³/mol. The predicted octanol–water partition coefficient (Wildman–Crippen LogP) is 0.842. The van der Waals surface area contributed by atoms with Crippen LogP contribution in [0.4, 0.5) is 11.5 Å². The number of nitrogens with zero attached hydrogens (tertiary/aromatic N) is 3. The van der Waals surface area contributed by atoms with Crippen LogP contribution in [0.2, 0.25) is 0 Å². The van der Waals surface area contributed by atoms with E-state index in [1.54, 1.807) is 41.7 Å². The van der Waals surface area contributed by atoms with E-state index in [1.165, 1.54) is 6.07 Å². The van der Waals surface area contributed by atoms with Crippen LogP contribution in [-0.4, -0.2) is 27.5 Å². The van der Waals surface area contributed by atoms with Crippen molar-refractivity contribution in [1.29, 1.82) is 5.26 Å². The third-order valence-electron chi connectivity index (χ3n) is 3.29. The summed E-state index contributed by atoms with van der Waals surface area (Å²) in [5, 5.41) is 13.8. The van der Waals surface area contributed by atoms with Crippen LogP contribution in [0.3, 0.4) is 0 Å². The van der Waals surface area contributed by atoms with E-state index in [0.29, 0.717) is 22.8 Å². The lowest BCUT2D eigenvalue weighted by molar-refractivity contribution is 0.0946. The van der Waals surface area contributed by atoms with Crippen LogP contribution in [0.5, 0.6) is 0 Å². The Labute approximate surface area is 133 Å². The summed E-state index contributed by atoms with van der Waals surface area (Å²) in [5.41, 5.74) is 6.92. The number of amides is 2. The number of nitrogens with one attached hydrogen (secondary N) is 2. The lowest BCUT2D eigenvalue weighted by Crippen LogP contribution is -2.26. The van der Waals surface area contributed by atoms with Crippen molar-refractivity contribution in [1.82, 2.24) is 14.5 Å². The molecule has 23 heavy (non-hydrogen) atoms. The van der Waals surface area contributed by atoms with Gasteiger partial charge in [-0.1, -0.05) is 0 Å². The third kappa shape index (κ3) is 3.71. The molecule has 0 bridgehead atoms. The molecule has 120 valence electrons. The number of nitrogen functional groups attached to an aromatic ring is 1. The number of hydrogen-bond donors (Lipinski definition) is 3. The Morgan fingerprint density at radius 3 is 2.57 bits per heavy atom. The van der Waals surface area contributed by atoms with Crippen molar-refractivity contribution in [3.8, 4) is 6.07 Å². The molecule has 4 N–H and O–H groups in total. The molecule has 2 aromatic rings. The SMILES string of the molecule is Cn1cc(N)cc1NC(=O)c1cc(C(=O)NCCC#N)n(C)c1. The number of rotatable bonds is 5. The average Bonchev–Trinajstić information content (AvgIpc) is 3.02. The van der Waals surface area contributed by atoms with Gasteiger partial charge < -0.3 is 25.5 Å². The van der Waals surface area contributed by atoms with Crippen LogP contribution in [0.15, 0.2) is 24.5 Å². The number of anilines is 2. The lowest BCUT2D eigenvalue weighted by Gasteiger charge is -2.04. The van der Waals surface area contributed by atoms with Gasteiger partial charge in [-0.15, -0.1) is 0 Å². The number of carbonyl (C=O) groups excluding carboxylic acids is 2. The van der Waals surface area contributed by atoms with E-state index in [9.17, 15) is 9.59 Å². The van der Waals surface area contributed by atoms with E-state index in [0.717, 1.165) is 0 Å². The standard InChI is InChI=1S/C15H18N6O2/c1-20-8-10(6-12(20)15(23)18-5-3-4-16)14(22)19-13-7-11(17)9-21(13)2/h6-9H,3,5,17H2,1-2H3,(H,18,23)(H,19,22). The number of nitriles is 1. The quantitative estimate of drug-likeness (QED) is 0.709. The molecule has 2 heterocycles. The molecule has 2 rings (SSSR count). The first-order chi connectivity index (χ1) is 10.9. The van der Waals surface area contributed by atoms with E-state index < -0.39 is 0 Å². The number of aryl methyl sites for hydroxylation is 2. The van der Waals surface area contributed by atoms with Gasteiger partial charge in [0.25, 0.3) is 11.8 Å². The van der Waals surface area contributed by atoms with Gasteiger partial charge in [-0.25, -0.2) is 0 Å². The molecule has 0 atom stereocenters. The fraction of sp³-hybridized carbons (Fsp3) is 0.267. The highest BCUT2D eigenvalue weighted by molar-refractivity contribution is 6.06. The van der Waals surface area contributed by atoms with Crippen LogP contribution in [0, 0.1) is 11.3 Å². The Morgan fingerprint density at radius 2 is 1.96 bits per heavy atom. The molecule has 2 amide bonds. The first kappa shape index (κ1) is 16.2. The minimum Gasteiger partial charge on any atom is -0.397 e. The van der Waals surface area contributed by atoms with Gasteiger partial charge in [0.2, 0.25) is 0 Å². The molecular weight excluding hydrogens is 296 g/mol. The van der Waals surface area contributed by atoms with Crippen molar-refractivity contribution in [2.24, 2.45) is 14.1 Å². The zero-order chi connectivity index (χ0) is 17.0. The molecule has 0 aliphatic rings. The van der Waals surface area contributed by atoms with Gasteiger partial charge in [-0.2, -0.15) is 5.26 Å². The van der Waals surface area contributed by atoms with E-state index in [1.807, 2.05) is 6.07 Å². The van der Waals surface area contributed by atoms with Crippen molar-refractivity contribution in [2.75, 3.05) is 17.6 Å². The van der Waals surface area contributed by atoms with E-state index in [-0.39, 0.29) is 24.8 Å². The molecule has 0 saturated carbocycles. The normalized spacial score (nSPS) is 10.1. The number of aromatic nitrogens is 2. The van der Waals surface area contributed by atoms with Gasteiger partial charge in [0.05, 0.1) is 23.7 Å². The summed E-state index contributed by atoms with van der Waals surface area (Å²) in [5.74, 6) is -0.0980. The first-order valence-electron chi connectivity index (χ1n) is 6.97. The maximum Gasteiger partial charge on any atom is 0.267 e. The Balaban J connectivity index is 2.10. The Kier molecular flexibility index (Phi) is 4.71. The third-order valence-corrected chi connectivity index (χ3v) is 3.29. The van der Waals surface area contributed by atoms with Crippen molar-refractivity contribution in [2.45, 2.75) is 6.42 Å². The van der Waals surface area contributed by atoms with E-state index in [4.69, 9.17) is 11.0 Å². The summed E-state index contributed by atoms with van der Waals surface area (Å²) in [4.78, 5) is 24.3.